The summed E-state index contributed by atoms with van der Waals surface area (Å²) in [6.07, 6.45) is 0. The standard InChI is InChI=1S/C11H16N2OS/c1-13(2)11(15)12-8-9-4-6-10(14-3)7-5-9/h4-7H,8H2,1-3H3,(H,12,15). The van der Waals surface area contributed by atoms with Crippen LogP contribution in [-0.4, -0.2) is 31.2 Å². The maximum Gasteiger partial charge on any atom is 0.168 e. The van der Waals surface area contributed by atoms with Gasteiger partial charge < -0.3 is 15.0 Å². The molecule has 0 aromatic heterocycles. The molecule has 0 aliphatic carbocycles. The van der Waals surface area contributed by atoms with Crippen LogP contribution < -0.4 is 10.1 Å². The van der Waals surface area contributed by atoms with Crippen molar-refractivity contribution in [3.8, 4) is 5.75 Å². The molecule has 0 spiro atoms. The molecule has 4 heteroatoms. The summed E-state index contributed by atoms with van der Waals surface area (Å²) in [7, 11) is 5.50. The van der Waals surface area contributed by atoms with Crippen LogP contribution in [0.15, 0.2) is 24.3 Å². The molecule has 0 radical (unpaired) electrons. The van der Waals surface area contributed by atoms with Crippen LogP contribution in [0, 0.1) is 0 Å². The van der Waals surface area contributed by atoms with Gasteiger partial charge in [-0.1, -0.05) is 12.1 Å². The molecule has 3 nitrogen and oxygen atoms in total. The number of methoxy groups -OCH3 is 1. The topological polar surface area (TPSA) is 24.5 Å². The summed E-state index contributed by atoms with van der Waals surface area (Å²) in [5.74, 6) is 0.869. The number of hydrogen-bond acceptors (Lipinski definition) is 2. The molecule has 0 saturated carbocycles. The van der Waals surface area contributed by atoms with Crippen LogP contribution in [0.5, 0.6) is 5.75 Å². The third-order valence-corrected chi connectivity index (χ3v) is 2.52. The Kier molecular flexibility index (Phi) is 4.37. The molecule has 1 aromatic rings. The van der Waals surface area contributed by atoms with Crippen LogP contribution in [0.3, 0.4) is 0 Å². The van der Waals surface area contributed by atoms with E-state index in [1.54, 1.807) is 7.11 Å². The molecule has 1 N–H and O–H groups in total. The third-order valence-electron chi connectivity index (χ3n) is 2.01. The lowest BCUT2D eigenvalue weighted by molar-refractivity contribution is 0.414. The highest BCUT2D eigenvalue weighted by Crippen LogP contribution is 2.10. The second-order valence-corrected chi connectivity index (χ2v) is 3.79. The van der Waals surface area contributed by atoms with E-state index >= 15 is 0 Å². The van der Waals surface area contributed by atoms with Crippen LogP contribution in [0.25, 0.3) is 0 Å². The molecule has 82 valence electrons. The van der Waals surface area contributed by atoms with Crippen LogP contribution in [-0.2, 0) is 6.54 Å². The summed E-state index contributed by atoms with van der Waals surface area (Å²) in [6, 6.07) is 7.92. The monoisotopic (exact) mass is 224 g/mol. The molecular weight excluding hydrogens is 208 g/mol. The van der Waals surface area contributed by atoms with E-state index in [4.69, 9.17) is 17.0 Å². The first-order valence-electron chi connectivity index (χ1n) is 4.71. The number of benzene rings is 1. The molecule has 0 saturated heterocycles. The molecule has 1 rings (SSSR count). The maximum absolute atomic E-state index is 5.12. The van der Waals surface area contributed by atoms with Crippen molar-refractivity contribution in [1.29, 1.82) is 0 Å². The number of ether oxygens (including phenoxy) is 1. The van der Waals surface area contributed by atoms with E-state index in [9.17, 15) is 0 Å². The fourth-order valence-electron chi connectivity index (χ4n) is 1.08. The minimum atomic E-state index is 0.737. The maximum atomic E-state index is 5.12. The quantitative estimate of drug-likeness (QED) is 0.789. The average molecular weight is 224 g/mol. The zero-order valence-electron chi connectivity index (χ0n) is 9.28. The van der Waals surface area contributed by atoms with Gasteiger partial charge in [0.2, 0.25) is 0 Å². The van der Waals surface area contributed by atoms with Gasteiger partial charge in [-0.15, -0.1) is 0 Å². The highest BCUT2D eigenvalue weighted by atomic mass is 32.1. The fourth-order valence-corrected chi connectivity index (χ4v) is 1.15. The minimum Gasteiger partial charge on any atom is -0.497 e. The first-order chi connectivity index (χ1) is 7.13. The molecule has 0 aliphatic rings. The van der Waals surface area contributed by atoms with Crippen molar-refractivity contribution in [3.63, 3.8) is 0 Å². The molecule has 1 aromatic carbocycles. The van der Waals surface area contributed by atoms with Crippen molar-refractivity contribution < 1.29 is 4.74 Å². The van der Waals surface area contributed by atoms with Gasteiger partial charge in [0.05, 0.1) is 7.11 Å². The van der Waals surface area contributed by atoms with Gasteiger partial charge in [-0.2, -0.15) is 0 Å². The van der Waals surface area contributed by atoms with E-state index in [2.05, 4.69) is 5.32 Å². The lowest BCUT2D eigenvalue weighted by Crippen LogP contribution is -2.33. The molecule has 0 unspecified atom stereocenters. The van der Waals surface area contributed by atoms with Gasteiger partial charge in [0.1, 0.15) is 5.75 Å². The second kappa shape index (κ2) is 5.56. The number of thiocarbonyl (C=S) groups is 1. The van der Waals surface area contributed by atoms with Crippen LogP contribution in [0.4, 0.5) is 0 Å². The molecule has 0 amide bonds. The van der Waals surface area contributed by atoms with Gasteiger partial charge in [-0.05, 0) is 29.9 Å². The van der Waals surface area contributed by atoms with Crippen molar-refractivity contribution >= 4 is 17.3 Å². The van der Waals surface area contributed by atoms with E-state index in [1.165, 1.54) is 5.56 Å². The van der Waals surface area contributed by atoms with Gasteiger partial charge in [-0.3, -0.25) is 0 Å². The number of rotatable bonds is 3. The Hall–Kier alpha value is -1.29. The van der Waals surface area contributed by atoms with E-state index in [0.717, 1.165) is 17.4 Å². The minimum absolute atomic E-state index is 0.737. The van der Waals surface area contributed by atoms with Gasteiger partial charge in [-0.25, -0.2) is 0 Å². The summed E-state index contributed by atoms with van der Waals surface area (Å²) < 4.78 is 5.08. The van der Waals surface area contributed by atoms with E-state index in [1.807, 2.05) is 43.3 Å². The van der Waals surface area contributed by atoms with Gasteiger partial charge in [0.15, 0.2) is 5.11 Å². The Labute approximate surface area is 96.0 Å². The van der Waals surface area contributed by atoms with Crippen molar-refractivity contribution in [1.82, 2.24) is 10.2 Å². The Morgan fingerprint density at radius 1 is 1.33 bits per heavy atom. The Bertz CT molecular complexity index is 322. The lowest BCUT2D eigenvalue weighted by Gasteiger charge is -2.15. The zero-order valence-corrected chi connectivity index (χ0v) is 10.1. The Morgan fingerprint density at radius 2 is 1.93 bits per heavy atom. The van der Waals surface area contributed by atoms with E-state index in [0.29, 0.717) is 0 Å². The van der Waals surface area contributed by atoms with E-state index < -0.39 is 0 Å². The predicted molar refractivity (Wildman–Crippen MR) is 66.1 cm³/mol. The highest BCUT2D eigenvalue weighted by Gasteiger charge is 1.98. The fraction of sp³-hybridized carbons (Fsp3) is 0.364. The molecule has 0 fully saturated rings. The summed E-state index contributed by atoms with van der Waals surface area (Å²) in [4.78, 5) is 1.87. The Morgan fingerprint density at radius 3 is 2.40 bits per heavy atom. The molecule has 0 atom stereocenters. The molecule has 0 aliphatic heterocycles. The first kappa shape index (κ1) is 11.8. The average Bonchev–Trinajstić information content (AvgIpc) is 2.26. The smallest absolute Gasteiger partial charge is 0.168 e. The number of nitrogens with one attached hydrogen (secondary N) is 1. The van der Waals surface area contributed by atoms with Gasteiger partial charge in [0, 0.05) is 20.6 Å². The van der Waals surface area contributed by atoms with Crippen LogP contribution in [0.2, 0.25) is 0 Å². The van der Waals surface area contributed by atoms with Crippen molar-refractivity contribution in [3.05, 3.63) is 29.8 Å². The van der Waals surface area contributed by atoms with Crippen molar-refractivity contribution in [2.75, 3.05) is 21.2 Å². The normalized spacial score (nSPS) is 9.53. The first-order valence-corrected chi connectivity index (χ1v) is 5.12. The third kappa shape index (κ3) is 3.75. The Balaban J connectivity index is 2.47. The van der Waals surface area contributed by atoms with Gasteiger partial charge in [0.25, 0.3) is 0 Å². The number of hydrogen-bond donors (Lipinski definition) is 1. The summed E-state index contributed by atoms with van der Waals surface area (Å²) in [5, 5.41) is 3.89. The van der Waals surface area contributed by atoms with Crippen LogP contribution >= 0.6 is 12.2 Å². The lowest BCUT2D eigenvalue weighted by atomic mass is 10.2. The van der Waals surface area contributed by atoms with Crippen molar-refractivity contribution in [2.24, 2.45) is 0 Å². The predicted octanol–water partition coefficient (Wildman–Crippen LogP) is 1.63. The highest BCUT2D eigenvalue weighted by molar-refractivity contribution is 7.80. The van der Waals surface area contributed by atoms with Gasteiger partial charge >= 0.3 is 0 Å². The second-order valence-electron chi connectivity index (χ2n) is 3.40. The summed E-state index contributed by atoms with van der Waals surface area (Å²) in [5.41, 5.74) is 1.18. The molecular formula is C11H16N2OS. The molecule has 0 heterocycles. The molecule has 0 bridgehead atoms. The number of nitrogens with zero attached hydrogens (tertiary/aromatic N) is 1. The SMILES string of the molecule is COc1ccc(CNC(=S)N(C)C)cc1. The summed E-state index contributed by atoms with van der Waals surface area (Å²) >= 11 is 5.12. The zero-order chi connectivity index (χ0) is 11.3. The van der Waals surface area contributed by atoms with Crippen molar-refractivity contribution in [2.45, 2.75) is 6.54 Å². The van der Waals surface area contributed by atoms with Crippen LogP contribution in [0.1, 0.15) is 5.56 Å². The largest absolute Gasteiger partial charge is 0.497 e. The molecule has 15 heavy (non-hydrogen) atoms. The summed E-state index contributed by atoms with van der Waals surface area (Å²) in [6.45, 7) is 0.737. The van der Waals surface area contributed by atoms with E-state index in [-0.39, 0.29) is 0 Å².